The molecular formula is C46H78O7. The van der Waals surface area contributed by atoms with Crippen LogP contribution < -0.4 is 0 Å². The Kier molecular flexibility index (Phi) is 31.9. The molecule has 1 rings (SSSR count). The molecule has 0 radical (unpaired) electrons. The van der Waals surface area contributed by atoms with Gasteiger partial charge in [0.05, 0.1) is 0 Å². The number of carbonyl (C=O) groups excluding carboxylic acids is 4. The van der Waals surface area contributed by atoms with Crippen LogP contribution in [0, 0.1) is 0 Å². The van der Waals surface area contributed by atoms with Gasteiger partial charge in [-0.15, -0.1) is 0 Å². The predicted molar refractivity (Wildman–Crippen MR) is 217 cm³/mol. The molecule has 0 aromatic heterocycles. The summed E-state index contributed by atoms with van der Waals surface area (Å²) in [6.45, 7) is 5.69. The highest BCUT2D eigenvalue weighted by atomic mass is 16.6. The van der Waals surface area contributed by atoms with Gasteiger partial charge in [-0.25, -0.2) is 4.79 Å². The van der Waals surface area contributed by atoms with Gasteiger partial charge in [0.1, 0.15) is 6.61 Å². The van der Waals surface area contributed by atoms with Crippen LogP contribution in [0.15, 0.2) is 30.3 Å². The Morgan fingerprint density at radius 1 is 0.453 bits per heavy atom. The first-order valence-electron chi connectivity index (χ1n) is 22.0. The lowest BCUT2D eigenvalue weighted by molar-refractivity contribution is -0.185. The number of hydrogen-bond donors (Lipinski definition) is 0. The Morgan fingerprint density at radius 3 is 1.11 bits per heavy atom. The van der Waals surface area contributed by atoms with Gasteiger partial charge in [0.15, 0.2) is 5.78 Å². The number of esters is 3. The zero-order valence-electron chi connectivity index (χ0n) is 34.3. The average molecular weight is 743 g/mol. The van der Waals surface area contributed by atoms with Crippen molar-refractivity contribution >= 4 is 23.7 Å². The van der Waals surface area contributed by atoms with Gasteiger partial charge in [-0.05, 0) is 25.3 Å². The van der Waals surface area contributed by atoms with Crippen molar-refractivity contribution < 1.29 is 33.4 Å². The summed E-state index contributed by atoms with van der Waals surface area (Å²) < 4.78 is 16.5. The summed E-state index contributed by atoms with van der Waals surface area (Å²) in [4.78, 5) is 51.7. The molecule has 2 unspecified atom stereocenters. The van der Waals surface area contributed by atoms with Crippen molar-refractivity contribution in [2.75, 3.05) is 0 Å². The van der Waals surface area contributed by atoms with Gasteiger partial charge in [0.25, 0.3) is 0 Å². The maximum Gasteiger partial charge on any atom is 0.352 e. The Bertz CT molecular complexity index is 1040. The SMILES string of the molecule is CCCCCCCCCCCCCCCCCC(=O)OC(C(=O)OCc1ccccc1)C(OC(=O)CCCCCCCCCCCCCCC)C(C)=O. The van der Waals surface area contributed by atoms with Crippen LogP contribution in [0.25, 0.3) is 0 Å². The normalized spacial score (nSPS) is 12.3. The summed E-state index contributed by atoms with van der Waals surface area (Å²) in [5, 5.41) is 0. The van der Waals surface area contributed by atoms with E-state index in [0.29, 0.717) is 12.8 Å². The smallest absolute Gasteiger partial charge is 0.352 e. The van der Waals surface area contributed by atoms with Crippen LogP contribution in [0.4, 0.5) is 0 Å². The molecule has 0 heterocycles. The van der Waals surface area contributed by atoms with Crippen LogP contribution >= 0.6 is 0 Å². The average Bonchev–Trinajstić information content (AvgIpc) is 3.15. The van der Waals surface area contributed by atoms with Gasteiger partial charge >= 0.3 is 17.9 Å². The zero-order chi connectivity index (χ0) is 38.6. The third-order valence-corrected chi connectivity index (χ3v) is 10.1. The maximum atomic E-state index is 13.2. The first-order chi connectivity index (χ1) is 25.9. The van der Waals surface area contributed by atoms with Gasteiger partial charge in [0.2, 0.25) is 12.2 Å². The van der Waals surface area contributed by atoms with Crippen molar-refractivity contribution in [1.29, 1.82) is 0 Å². The third kappa shape index (κ3) is 28.4. The molecule has 0 aliphatic carbocycles. The fourth-order valence-corrected chi connectivity index (χ4v) is 6.73. The lowest BCUT2D eigenvalue weighted by Gasteiger charge is -2.24. The topological polar surface area (TPSA) is 96.0 Å². The molecule has 0 aliphatic rings. The van der Waals surface area contributed by atoms with E-state index >= 15 is 0 Å². The van der Waals surface area contributed by atoms with Crippen LogP contribution in [-0.2, 0) is 40.0 Å². The van der Waals surface area contributed by atoms with E-state index in [0.717, 1.165) is 44.1 Å². The lowest BCUT2D eigenvalue weighted by Crippen LogP contribution is -2.45. The molecule has 0 saturated carbocycles. The Balaban J connectivity index is 2.43. The molecule has 0 amide bonds. The Hall–Kier alpha value is -2.70. The number of benzene rings is 1. The molecule has 53 heavy (non-hydrogen) atoms. The molecule has 1 aromatic rings. The molecule has 7 nitrogen and oxygen atoms in total. The van der Waals surface area contributed by atoms with E-state index < -0.39 is 35.9 Å². The quantitative estimate of drug-likeness (QED) is 0.0380. The highest BCUT2D eigenvalue weighted by molar-refractivity contribution is 5.91. The number of Topliss-reactive ketones (excluding diaryl/α,β-unsaturated/α-hetero) is 1. The molecule has 0 fully saturated rings. The fraction of sp³-hybridized carbons (Fsp3) is 0.783. The molecule has 0 spiro atoms. The molecule has 304 valence electrons. The van der Waals surface area contributed by atoms with Crippen molar-refractivity contribution in [3.63, 3.8) is 0 Å². The third-order valence-electron chi connectivity index (χ3n) is 10.1. The van der Waals surface area contributed by atoms with Crippen LogP contribution in [-0.4, -0.2) is 35.9 Å². The minimum absolute atomic E-state index is 0.0513. The van der Waals surface area contributed by atoms with Crippen molar-refractivity contribution in [1.82, 2.24) is 0 Å². The fourth-order valence-electron chi connectivity index (χ4n) is 6.73. The number of carbonyl (C=O) groups is 4. The second-order valence-electron chi connectivity index (χ2n) is 15.2. The summed E-state index contributed by atoms with van der Waals surface area (Å²) in [6, 6.07) is 9.13. The number of unbranched alkanes of at least 4 members (excludes halogenated alkanes) is 26. The van der Waals surface area contributed by atoms with E-state index in [1.54, 1.807) is 0 Å². The molecule has 1 aromatic carbocycles. The molecule has 2 atom stereocenters. The van der Waals surface area contributed by atoms with E-state index in [9.17, 15) is 19.2 Å². The number of rotatable bonds is 37. The van der Waals surface area contributed by atoms with E-state index in [4.69, 9.17) is 14.2 Å². The summed E-state index contributed by atoms with van der Waals surface area (Å²) in [5.41, 5.74) is 0.752. The largest absolute Gasteiger partial charge is 0.458 e. The predicted octanol–water partition coefficient (Wildman–Crippen LogP) is 12.9. The van der Waals surface area contributed by atoms with Crippen LogP contribution in [0.2, 0.25) is 0 Å². The molecule has 0 aliphatic heterocycles. The monoisotopic (exact) mass is 743 g/mol. The van der Waals surface area contributed by atoms with E-state index in [1.807, 2.05) is 30.3 Å². The van der Waals surface area contributed by atoms with Gasteiger partial charge in [-0.1, -0.05) is 211 Å². The van der Waals surface area contributed by atoms with Crippen molar-refractivity contribution in [3.05, 3.63) is 35.9 Å². The van der Waals surface area contributed by atoms with Crippen LogP contribution in [0.1, 0.15) is 219 Å². The first kappa shape index (κ1) is 48.3. The van der Waals surface area contributed by atoms with Gasteiger partial charge < -0.3 is 14.2 Å². The standard InChI is InChI=1S/C46H78O7/c1-4-6-8-10-12-14-16-18-19-21-23-25-27-29-34-38-43(49)53-45(46(50)51-39-41-35-31-30-32-36-41)44(40(3)47)52-42(48)37-33-28-26-24-22-20-17-15-13-11-9-7-5-2/h30-32,35-36,44-45H,4-29,33-34,37-39H2,1-3H3. The van der Waals surface area contributed by atoms with Crippen molar-refractivity contribution in [2.24, 2.45) is 0 Å². The van der Waals surface area contributed by atoms with Gasteiger partial charge in [0, 0.05) is 12.8 Å². The van der Waals surface area contributed by atoms with Crippen LogP contribution in [0.5, 0.6) is 0 Å². The highest BCUT2D eigenvalue weighted by Gasteiger charge is 2.39. The summed E-state index contributed by atoms with van der Waals surface area (Å²) in [6.07, 6.45) is 30.9. The zero-order valence-corrected chi connectivity index (χ0v) is 34.3. The molecule has 7 heteroatoms. The molecule has 0 N–H and O–H groups in total. The van der Waals surface area contributed by atoms with E-state index in [1.165, 1.54) is 135 Å². The van der Waals surface area contributed by atoms with Crippen molar-refractivity contribution in [3.8, 4) is 0 Å². The van der Waals surface area contributed by atoms with Gasteiger partial charge in [-0.2, -0.15) is 0 Å². The summed E-state index contributed by atoms with van der Waals surface area (Å²) >= 11 is 0. The summed E-state index contributed by atoms with van der Waals surface area (Å²) in [7, 11) is 0. The maximum absolute atomic E-state index is 13.2. The summed E-state index contributed by atoms with van der Waals surface area (Å²) in [5.74, 6) is -2.63. The first-order valence-corrected chi connectivity index (χ1v) is 22.0. The highest BCUT2D eigenvalue weighted by Crippen LogP contribution is 2.18. The van der Waals surface area contributed by atoms with E-state index in [2.05, 4.69) is 13.8 Å². The molecule has 0 saturated heterocycles. The minimum atomic E-state index is -1.64. The van der Waals surface area contributed by atoms with Crippen LogP contribution in [0.3, 0.4) is 0 Å². The Morgan fingerprint density at radius 2 is 0.774 bits per heavy atom. The minimum Gasteiger partial charge on any atom is -0.458 e. The second-order valence-corrected chi connectivity index (χ2v) is 15.2. The number of hydrogen-bond acceptors (Lipinski definition) is 7. The lowest BCUT2D eigenvalue weighted by atomic mass is 10.0. The number of ether oxygens (including phenoxy) is 3. The molecular weight excluding hydrogens is 664 g/mol. The van der Waals surface area contributed by atoms with E-state index in [-0.39, 0.29) is 19.4 Å². The second kappa shape index (κ2) is 35.0. The van der Waals surface area contributed by atoms with Crippen molar-refractivity contribution in [2.45, 2.75) is 232 Å². The Labute approximate surface area is 324 Å². The molecule has 0 bridgehead atoms. The van der Waals surface area contributed by atoms with Gasteiger partial charge in [-0.3, -0.25) is 14.4 Å². The number of ketones is 1.